The Bertz CT molecular complexity index is 845. The van der Waals surface area contributed by atoms with E-state index in [2.05, 4.69) is 10.3 Å². The molecule has 1 aliphatic heterocycles. The number of carbonyl (C=O) groups excluding carboxylic acids is 1. The molecule has 0 radical (unpaired) electrons. The van der Waals surface area contributed by atoms with E-state index in [9.17, 15) is 13.6 Å². The van der Waals surface area contributed by atoms with Crippen LogP contribution in [0.1, 0.15) is 25.7 Å². The third-order valence-electron chi connectivity index (χ3n) is 6.04. The molecule has 2 aliphatic rings. The van der Waals surface area contributed by atoms with Crippen molar-refractivity contribution in [1.82, 2.24) is 14.8 Å². The highest BCUT2D eigenvalue weighted by Crippen LogP contribution is 2.30. The first-order valence-electron chi connectivity index (χ1n) is 10.2. The van der Waals surface area contributed by atoms with Crippen LogP contribution in [0.15, 0.2) is 36.5 Å². The van der Waals surface area contributed by atoms with Crippen molar-refractivity contribution >= 4 is 11.8 Å². The van der Waals surface area contributed by atoms with Gasteiger partial charge < -0.3 is 15.1 Å². The first kappa shape index (κ1) is 19.6. The summed E-state index contributed by atoms with van der Waals surface area (Å²) >= 11 is 0. The van der Waals surface area contributed by atoms with Crippen molar-refractivity contribution in [3.63, 3.8) is 0 Å². The van der Waals surface area contributed by atoms with Gasteiger partial charge in [-0.1, -0.05) is 0 Å². The van der Waals surface area contributed by atoms with E-state index in [-0.39, 0.29) is 6.03 Å². The molecule has 154 valence electrons. The van der Waals surface area contributed by atoms with Crippen molar-refractivity contribution in [3.05, 3.63) is 48.2 Å². The van der Waals surface area contributed by atoms with Gasteiger partial charge in [0.05, 0.1) is 0 Å². The molecule has 0 spiro atoms. The van der Waals surface area contributed by atoms with Crippen LogP contribution >= 0.6 is 0 Å². The van der Waals surface area contributed by atoms with Crippen molar-refractivity contribution < 1.29 is 13.6 Å². The zero-order valence-corrected chi connectivity index (χ0v) is 16.6. The summed E-state index contributed by atoms with van der Waals surface area (Å²) in [7, 11) is 1.86. The van der Waals surface area contributed by atoms with Crippen LogP contribution in [0, 0.1) is 17.6 Å². The van der Waals surface area contributed by atoms with Gasteiger partial charge in [0.1, 0.15) is 17.5 Å². The summed E-state index contributed by atoms with van der Waals surface area (Å²) in [6.45, 7) is 2.50. The van der Waals surface area contributed by atoms with E-state index in [0.29, 0.717) is 23.1 Å². The summed E-state index contributed by atoms with van der Waals surface area (Å²) in [5.74, 6) is 0.115. The number of nitrogens with zero attached hydrogens (tertiary/aromatic N) is 3. The molecule has 0 unspecified atom stereocenters. The minimum atomic E-state index is -0.597. The fourth-order valence-corrected chi connectivity index (χ4v) is 4.31. The van der Waals surface area contributed by atoms with Crippen LogP contribution in [0.2, 0.25) is 0 Å². The van der Waals surface area contributed by atoms with Crippen molar-refractivity contribution in [1.29, 1.82) is 0 Å². The van der Waals surface area contributed by atoms with Gasteiger partial charge in [-0.05, 0) is 61.4 Å². The van der Waals surface area contributed by atoms with Crippen molar-refractivity contribution in [3.8, 4) is 11.1 Å². The fraction of sp³-hybridized carbons (Fsp3) is 0.455. The number of amides is 2. The molecular weight excluding hydrogens is 374 g/mol. The summed E-state index contributed by atoms with van der Waals surface area (Å²) in [6.07, 6.45) is 5.90. The number of anilines is 1. The van der Waals surface area contributed by atoms with E-state index in [1.807, 2.05) is 24.1 Å². The second-order valence-corrected chi connectivity index (χ2v) is 8.04. The summed E-state index contributed by atoms with van der Waals surface area (Å²) in [5, 5.41) is 3.37. The first-order valence-corrected chi connectivity index (χ1v) is 10.2. The Morgan fingerprint density at radius 2 is 1.76 bits per heavy atom. The average Bonchev–Trinajstić information content (AvgIpc) is 3.05. The van der Waals surface area contributed by atoms with Gasteiger partial charge in [-0.3, -0.25) is 0 Å². The predicted octanol–water partition coefficient (Wildman–Crippen LogP) is 4.36. The molecule has 0 bridgehead atoms. The molecule has 1 saturated heterocycles. The monoisotopic (exact) mass is 400 g/mol. The number of nitrogens with one attached hydrogen (secondary N) is 1. The second kappa shape index (κ2) is 8.35. The van der Waals surface area contributed by atoms with Gasteiger partial charge in [0.25, 0.3) is 0 Å². The molecule has 1 N–H and O–H groups in total. The van der Waals surface area contributed by atoms with Gasteiger partial charge in [0.2, 0.25) is 0 Å². The Balaban J connectivity index is 1.27. The number of benzene rings is 1. The van der Waals surface area contributed by atoms with Gasteiger partial charge in [0.15, 0.2) is 0 Å². The van der Waals surface area contributed by atoms with E-state index >= 15 is 0 Å². The summed E-state index contributed by atoms with van der Waals surface area (Å²) in [6, 6.07) is 7.64. The molecule has 5 nitrogen and oxygen atoms in total. The first-order chi connectivity index (χ1) is 14.0. The Morgan fingerprint density at radius 3 is 2.34 bits per heavy atom. The number of halogens is 2. The van der Waals surface area contributed by atoms with E-state index in [1.54, 1.807) is 11.1 Å². The minimum Gasteiger partial charge on any atom is -0.370 e. The lowest BCUT2D eigenvalue weighted by Crippen LogP contribution is -2.41. The smallest absolute Gasteiger partial charge is 0.320 e. The molecule has 4 rings (SSSR count). The highest BCUT2D eigenvalue weighted by atomic mass is 19.1. The number of rotatable bonds is 5. The number of aromatic nitrogens is 1. The summed E-state index contributed by atoms with van der Waals surface area (Å²) < 4.78 is 26.8. The molecule has 2 heterocycles. The standard InChI is InChI=1S/C22H26F2N4O/c1-27-8-9-28(22(27)29)20-5-2-15(3-6-20)13-25-21-7-4-16(14-26-21)17-10-18(23)12-19(24)11-17/h4,7,10-12,14-15,20H,2-3,5-6,8-9,13H2,1H3,(H,25,26). The van der Waals surface area contributed by atoms with Gasteiger partial charge in [-0.2, -0.15) is 0 Å². The molecule has 2 fully saturated rings. The number of hydrogen-bond acceptors (Lipinski definition) is 3. The molecule has 7 heteroatoms. The van der Waals surface area contributed by atoms with Gasteiger partial charge in [-0.25, -0.2) is 18.6 Å². The van der Waals surface area contributed by atoms with Crippen molar-refractivity contribution in [2.75, 3.05) is 32.0 Å². The predicted molar refractivity (Wildman–Crippen MR) is 109 cm³/mol. The highest BCUT2D eigenvalue weighted by molar-refractivity contribution is 5.76. The van der Waals surface area contributed by atoms with E-state index < -0.39 is 11.6 Å². The maximum Gasteiger partial charge on any atom is 0.320 e. The van der Waals surface area contributed by atoms with Crippen LogP contribution in [0.3, 0.4) is 0 Å². The number of hydrogen-bond donors (Lipinski definition) is 1. The van der Waals surface area contributed by atoms with E-state index in [1.165, 1.54) is 12.1 Å². The van der Waals surface area contributed by atoms with Crippen molar-refractivity contribution in [2.24, 2.45) is 5.92 Å². The third kappa shape index (κ3) is 4.49. The molecule has 1 aliphatic carbocycles. The molecule has 2 amide bonds. The summed E-state index contributed by atoms with van der Waals surface area (Å²) in [5.41, 5.74) is 1.15. The Kier molecular flexibility index (Phi) is 5.65. The molecule has 1 aromatic carbocycles. The number of urea groups is 1. The minimum absolute atomic E-state index is 0.161. The highest BCUT2D eigenvalue weighted by Gasteiger charge is 2.33. The van der Waals surface area contributed by atoms with Gasteiger partial charge >= 0.3 is 6.03 Å². The number of pyridine rings is 1. The van der Waals surface area contributed by atoms with Crippen LogP contribution in [-0.2, 0) is 0 Å². The number of likely N-dealkylation sites (N-methyl/N-ethyl adjacent to an activating group) is 1. The Morgan fingerprint density at radius 1 is 1.03 bits per heavy atom. The molecule has 29 heavy (non-hydrogen) atoms. The van der Waals surface area contributed by atoms with Crippen LogP contribution in [0.25, 0.3) is 11.1 Å². The zero-order chi connectivity index (χ0) is 20.4. The maximum atomic E-state index is 13.4. The number of carbonyl (C=O) groups is 1. The maximum absolute atomic E-state index is 13.4. The third-order valence-corrected chi connectivity index (χ3v) is 6.04. The largest absolute Gasteiger partial charge is 0.370 e. The fourth-order valence-electron chi connectivity index (χ4n) is 4.31. The van der Waals surface area contributed by atoms with Crippen LogP contribution in [-0.4, -0.2) is 53.5 Å². The van der Waals surface area contributed by atoms with Gasteiger partial charge in [0, 0.05) is 50.6 Å². The van der Waals surface area contributed by atoms with E-state index in [4.69, 9.17) is 0 Å². The topological polar surface area (TPSA) is 48.5 Å². The van der Waals surface area contributed by atoms with E-state index in [0.717, 1.165) is 57.2 Å². The van der Waals surface area contributed by atoms with Crippen LogP contribution in [0.5, 0.6) is 0 Å². The van der Waals surface area contributed by atoms with Gasteiger partial charge in [-0.15, -0.1) is 0 Å². The van der Waals surface area contributed by atoms with Crippen LogP contribution < -0.4 is 5.32 Å². The lowest BCUT2D eigenvalue weighted by molar-refractivity contribution is 0.157. The molecular formula is C22H26F2N4O. The summed E-state index contributed by atoms with van der Waals surface area (Å²) in [4.78, 5) is 20.4. The zero-order valence-electron chi connectivity index (χ0n) is 16.6. The quantitative estimate of drug-likeness (QED) is 0.811. The van der Waals surface area contributed by atoms with Crippen LogP contribution in [0.4, 0.5) is 19.4 Å². The Labute approximate surface area is 169 Å². The van der Waals surface area contributed by atoms with Crippen molar-refractivity contribution in [2.45, 2.75) is 31.7 Å². The molecule has 1 aromatic heterocycles. The molecule has 0 atom stereocenters. The lowest BCUT2D eigenvalue weighted by atomic mass is 9.85. The lowest BCUT2D eigenvalue weighted by Gasteiger charge is -2.34. The average molecular weight is 400 g/mol. The normalized spacial score (nSPS) is 22.2. The molecule has 2 aromatic rings. The molecule has 1 saturated carbocycles. The SMILES string of the molecule is CN1CCN(C2CCC(CNc3ccc(-c4cc(F)cc(F)c4)cn3)CC2)C1=O. The second-order valence-electron chi connectivity index (χ2n) is 8.04. The Hall–Kier alpha value is -2.70.